The highest BCUT2D eigenvalue weighted by Crippen LogP contribution is 2.46. The van der Waals surface area contributed by atoms with Crippen molar-refractivity contribution in [2.75, 3.05) is 33.3 Å². The maximum Gasteiger partial charge on any atom is 0.337 e. The van der Waals surface area contributed by atoms with E-state index in [1.165, 1.54) is 29.4 Å². The summed E-state index contributed by atoms with van der Waals surface area (Å²) in [6.07, 6.45) is 1.86. The van der Waals surface area contributed by atoms with Crippen molar-refractivity contribution in [2.24, 2.45) is 5.10 Å². The highest BCUT2D eigenvalue weighted by Gasteiger charge is 2.33. The van der Waals surface area contributed by atoms with Gasteiger partial charge in [-0.25, -0.2) is 4.79 Å². The van der Waals surface area contributed by atoms with Crippen molar-refractivity contribution in [1.29, 1.82) is 0 Å². The van der Waals surface area contributed by atoms with E-state index >= 15 is 0 Å². The first-order valence-electron chi connectivity index (χ1n) is 10.6. The first-order valence-corrected chi connectivity index (χ1v) is 10.6. The van der Waals surface area contributed by atoms with Crippen molar-refractivity contribution < 1.29 is 9.53 Å². The predicted octanol–water partition coefficient (Wildman–Crippen LogP) is 4.19. The van der Waals surface area contributed by atoms with Crippen LogP contribution in [-0.4, -0.2) is 55.4 Å². The van der Waals surface area contributed by atoms with Gasteiger partial charge >= 0.3 is 5.97 Å². The number of benzene rings is 3. The molecular weight excluding hydrogens is 386 g/mol. The fourth-order valence-corrected chi connectivity index (χ4v) is 4.58. The Hall–Kier alpha value is -3.44. The summed E-state index contributed by atoms with van der Waals surface area (Å²) in [5.41, 5.74) is 7.05. The number of esters is 1. The summed E-state index contributed by atoms with van der Waals surface area (Å²) in [7, 11) is 1.39. The van der Waals surface area contributed by atoms with Crippen molar-refractivity contribution in [2.45, 2.75) is 6.04 Å². The topological polar surface area (TPSA) is 45.1 Å². The van der Waals surface area contributed by atoms with Gasteiger partial charge < -0.3 is 4.74 Å². The number of hydrogen-bond acceptors (Lipinski definition) is 5. The van der Waals surface area contributed by atoms with Crippen molar-refractivity contribution >= 4 is 12.2 Å². The third-order valence-electron chi connectivity index (χ3n) is 6.16. The van der Waals surface area contributed by atoms with E-state index in [1.54, 1.807) is 12.1 Å². The molecule has 3 aromatic rings. The van der Waals surface area contributed by atoms with Crippen LogP contribution in [0.3, 0.4) is 0 Å². The zero-order valence-corrected chi connectivity index (χ0v) is 17.6. The maximum atomic E-state index is 11.6. The Kier molecular flexibility index (Phi) is 5.26. The lowest BCUT2D eigenvalue weighted by Gasteiger charge is -2.37. The number of nitrogens with zero attached hydrogens (tertiary/aromatic N) is 3. The molecule has 0 unspecified atom stereocenters. The van der Waals surface area contributed by atoms with Gasteiger partial charge in [-0.2, -0.15) is 5.10 Å². The third kappa shape index (κ3) is 3.73. The van der Waals surface area contributed by atoms with Gasteiger partial charge in [0.25, 0.3) is 0 Å². The predicted molar refractivity (Wildman–Crippen MR) is 122 cm³/mol. The number of rotatable bonds is 4. The number of fused-ring (bicyclic) bond motifs is 3. The average molecular weight is 412 g/mol. The summed E-state index contributed by atoms with van der Waals surface area (Å²) < 4.78 is 4.74. The molecule has 5 nitrogen and oxygen atoms in total. The largest absolute Gasteiger partial charge is 0.465 e. The molecule has 0 aromatic heterocycles. The monoisotopic (exact) mass is 411 g/mol. The van der Waals surface area contributed by atoms with Crippen LogP contribution >= 0.6 is 0 Å². The van der Waals surface area contributed by atoms with E-state index in [9.17, 15) is 4.79 Å². The molecule has 0 radical (unpaired) electrons. The summed E-state index contributed by atoms with van der Waals surface area (Å²) in [5.74, 6) is -0.324. The second-order valence-electron chi connectivity index (χ2n) is 7.92. The van der Waals surface area contributed by atoms with E-state index in [4.69, 9.17) is 4.74 Å². The number of piperazine rings is 1. The zero-order chi connectivity index (χ0) is 21.2. The lowest BCUT2D eigenvalue weighted by Crippen LogP contribution is -2.45. The van der Waals surface area contributed by atoms with Crippen molar-refractivity contribution in [3.05, 3.63) is 95.1 Å². The molecule has 3 aromatic carbocycles. The fraction of sp³-hybridized carbons (Fsp3) is 0.231. The Morgan fingerprint density at radius 2 is 1.45 bits per heavy atom. The Morgan fingerprint density at radius 3 is 2.03 bits per heavy atom. The molecule has 1 aliphatic carbocycles. The molecule has 2 aliphatic rings. The molecule has 5 heteroatoms. The number of methoxy groups -OCH3 is 1. The molecule has 1 saturated heterocycles. The molecule has 5 rings (SSSR count). The van der Waals surface area contributed by atoms with Gasteiger partial charge in [-0.3, -0.25) is 9.91 Å². The Balaban J connectivity index is 1.26. The number of ether oxygens (including phenoxy) is 1. The van der Waals surface area contributed by atoms with Crippen LogP contribution in [0, 0.1) is 0 Å². The first-order chi connectivity index (χ1) is 15.2. The van der Waals surface area contributed by atoms with Gasteiger partial charge in [0, 0.05) is 26.2 Å². The minimum Gasteiger partial charge on any atom is -0.465 e. The molecular formula is C26H25N3O2. The van der Waals surface area contributed by atoms with Crippen LogP contribution in [0.4, 0.5) is 0 Å². The molecule has 1 fully saturated rings. The van der Waals surface area contributed by atoms with Gasteiger partial charge in [-0.1, -0.05) is 60.7 Å². The van der Waals surface area contributed by atoms with Crippen LogP contribution in [0.2, 0.25) is 0 Å². The number of carbonyl (C=O) groups excluding carboxylic acids is 1. The van der Waals surface area contributed by atoms with E-state index < -0.39 is 0 Å². The van der Waals surface area contributed by atoms with Crippen LogP contribution in [-0.2, 0) is 4.74 Å². The van der Waals surface area contributed by atoms with Gasteiger partial charge in [0.1, 0.15) is 0 Å². The number of hydrazone groups is 1. The lowest BCUT2D eigenvalue weighted by atomic mass is 10.0. The molecule has 1 heterocycles. The normalized spacial score (nSPS) is 16.4. The molecule has 0 N–H and O–H groups in total. The Bertz CT molecular complexity index is 1070. The average Bonchev–Trinajstić information content (AvgIpc) is 3.17. The minimum absolute atomic E-state index is 0.324. The molecule has 0 saturated carbocycles. The van der Waals surface area contributed by atoms with E-state index in [2.05, 4.69) is 63.5 Å². The Labute approximate surface area is 182 Å². The summed E-state index contributed by atoms with van der Waals surface area (Å²) in [6.45, 7) is 3.70. The van der Waals surface area contributed by atoms with Crippen LogP contribution in [0.25, 0.3) is 11.1 Å². The molecule has 0 spiro atoms. The van der Waals surface area contributed by atoms with Crippen LogP contribution in [0.15, 0.2) is 77.9 Å². The second kappa shape index (κ2) is 8.36. The highest BCUT2D eigenvalue weighted by atomic mass is 16.5. The summed E-state index contributed by atoms with van der Waals surface area (Å²) in [6, 6.07) is 25.2. The van der Waals surface area contributed by atoms with Crippen molar-refractivity contribution in [3.63, 3.8) is 0 Å². The molecule has 0 bridgehead atoms. The molecule has 31 heavy (non-hydrogen) atoms. The Morgan fingerprint density at radius 1 is 0.871 bits per heavy atom. The van der Waals surface area contributed by atoms with Gasteiger partial charge in [0.15, 0.2) is 0 Å². The number of carbonyl (C=O) groups is 1. The third-order valence-corrected chi connectivity index (χ3v) is 6.16. The molecule has 0 atom stereocenters. The lowest BCUT2D eigenvalue weighted by molar-refractivity contribution is 0.0600. The van der Waals surface area contributed by atoms with Crippen LogP contribution in [0.1, 0.15) is 33.1 Å². The summed E-state index contributed by atoms with van der Waals surface area (Å²) in [4.78, 5) is 14.1. The summed E-state index contributed by atoms with van der Waals surface area (Å²) in [5, 5.41) is 6.79. The van der Waals surface area contributed by atoms with Crippen molar-refractivity contribution in [3.8, 4) is 11.1 Å². The van der Waals surface area contributed by atoms with E-state index in [1.807, 2.05) is 18.3 Å². The van der Waals surface area contributed by atoms with Gasteiger partial charge in [0.2, 0.25) is 0 Å². The fourth-order valence-electron chi connectivity index (χ4n) is 4.58. The standard InChI is InChI=1S/C26H25N3O2/c1-31-26(30)20-12-10-19(11-13-20)18-27-29-16-14-28(15-17-29)25-23-8-4-2-6-21(23)22-7-3-5-9-24(22)25/h2-13,18,25H,14-17H2,1H3/b27-18-. The molecule has 1 aliphatic heterocycles. The van der Waals surface area contributed by atoms with Gasteiger partial charge in [0.05, 0.1) is 24.9 Å². The molecule has 0 amide bonds. The van der Waals surface area contributed by atoms with Gasteiger partial charge in [-0.05, 0) is 39.9 Å². The van der Waals surface area contributed by atoms with Crippen LogP contribution < -0.4 is 0 Å². The van der Waals surface area contributed by atoms with E-state index in [0.29, 0.717) is 11.6 Å². The van der Waals surface area contributed by atoms with Gasteiger partial charge in [-0.15, -0.1) is 0 Å². The maximum absolute atomic E-state index is 11.6. The second-order valence-corrected chi connectivity index (χ2v) is 7.92. The zero-order valence-electron chi connectivity index (χ0n) is 17.6. The SMILES string of the molecule is COC(=O)c1ccc(/C=N\N2CCN(C3c4ccccc4-c4ccccc43)CC2)cc1. The van der Waals surface area contributed by atoms with E-state index in [-0.39, 0.29) is 5.97 Å². The van der Waals surface area contributed by atoms with Crippen LogP contribution in [0.5, 0.6) is 0 Å². The quantitative estimate of drug-likeness (QED) is 0.477. The van der Waals surface area contributed by atoms with Crippen molar-refractivity contribution in [1.82, 2.24) is 9.91 Å². The smallest absolute Gasteiger partial charge is 0.337 e. The highest BCUT2D eigenvalue weighted by molar-refractivity contribution is 5.90. The first kappa shape index (κ1) is 19.5. The number of hydrogen-bond donors (Lipinski definition) is 0. The molecule has 156 valence electrons. The van der Waals surface area contributed by atoms with E-state index in [0.717, 1.165) is 31.7 Å². The minimum atomic E-state index is -0.324. The summed E-state index contributed by atoms with van der Waals surface area (Å²) >= 11 is 0.